The van der Waals surface area contributed by atoms with Crippen molar-refractivity contribution in [2.24, 2.45) is 0 Å². The summed E-state index contributed by atoms with van der Waals surface area (Å²) in [4.78, 5) is -0.708. The third-order valence-electron chi connectivity index (χ3n) is 4.11. The number of benzene rings is 1. The molecule has 1 aromatic rings. The molecule has 122 valence electrons. The van der Waals surface area contributed by atoms with Crippen molar-refractivity contribution in [3.63, 3.8) is 0 Å². The van der Waals surface area contributed by atoms with E-state index in [1.807, 2.05) is 26.0 Å². The number of rotatable bonds is 5. The SMILES string of the molecule is CCc1ccc(C2CC(C)(Cl)NC(Cl)=C2CCCO)c(F)c1. The molecule has 0 spiro atoms. The number of hydrogen-bond donors (Lipinski definition) is 2. The summed E-state index contributed by atoms with van der Waals surface area (Å²) in [6, 6.07) is 5.37. The first-order chi connectivity index (χ1) is 10.4. The Kier molecular flexibility index (Phi) is 5.76. The summed E-state index contributed by atoms with van der Waals surface area (Å²) in [5.74, 6) is -0.390. The second kappa shape index (κ2) is 7.20. The van der Waals surface area contributed by atoms with E-state index in [9.17, 15) is 4.39 Å². The quantitative estimate of drug-likeness (QED) is 0.601. The van der Waals surface area contributed by atoms with E-state index in [-0.39, 0.29) is 18.3 Å². The van der Waals surface area contributed by atoms with Crippen LogP contribution < -0.4 is 5.32 Å². The van der Waals surface area contributed by atoms with Gasteiger partial charge in [-0.25, -0.2) is 4.39 Å². The first-order valence-electron chi connectivity index (χ1n) is 7.62. The lowest BCUT2D eigenvalue weighted by Gasteiger charge is -2.37. The summed E-state index contributed by atoms with van der Waals surface area (Å²) in [6.07, 6.45) is 2.56. The Morgan fingerprint density at radius 2 is 2.18 bits per heavy atom. The van der Waals surface area contributed by atoms with Gasteiger partial charge in [0.15, 0.2) is 0 Å². The average Bonchev–Trinajstić information content (AvgIpc) is 2.44. The summed E-state index contributed by atoms with van der Waals surface area (Å²) >= 11 is 12.8. The Morgan fingerprint density at radius 1 is 1.45 bits per heavy atom. The van der Waals surface area contributed by atoms with Gasteiger partial charge in [-0.2, -0.15) is 0 Å². The molecule has 1 aromatic carbocycles. The maximum atomic E-state index is 14.5. The van der Waals surface area contributed by atoms with Gasteiger partial charge in [0, 0.05) is 12.5 Å². The molecule has 0 saturated heterocycles. The van der Waals surface area contributed by atoms with E-state index in [0.29, 0.717) is 30.0 Å². The van der Waals surface area contributed by atoms with E-state index < -0.39 is 5.00 Å². The monoisotopic (exact) mass is 345 g/mol. The molecule has 0 radical (unpaired) electrons. The standard InChI is InChI=1S/C17H22Cl2FNO/c1-3-11-6-7-12(15(20)9-11)14-10-17(2,19)21-16(18)13(14)5-4-8-22/h6-7,9,14,21-22H,3-5,8,10H2,1-2H3. The topological polar surface area (TPSA) is 32.3 Å². The minimum Gasteiger partial charge on any atom is -0.396 e. The maximum absolute atomic E-state index is 14.5. The number of aliphatic hydroxyl groups excluding tert-OH is 1. The highest BCUT2D eigenvalue weighted by atomic mass is 35.5. The van der Waals surface area contributed by atoms with Gasteiger partial charge >= 0.3 is 0 Å². The largest absolute Gasteiger partial charge is 0.396 e. The minimum atomic E-state index is -0.708. The van der Waals surface area contributed by atoms with E-state index in [1.54, 1.807) is 6.07 Å². The van der Waals surface area contributed by atoms with Gasteiger partial charge in [0.2, 0.25) is 0 Å². The summed E-state index contributed by atoms with van der Waals surface area (Å²) in [5, 5.41) is 12.6. The number of aliphatic hydroxyl groups is 1. The van der Waals surface area contributed by atoms with Gasteiger partial charge in [0.25, 0.3) is 0 Å². The summed E-state index contributed by atoms with van der Waals surface area (Å²) in [5.41, 5.74) is 2.50. The zero-order chi connectivity index (χ0) is 16.3. The van der Waals surface area contributed by atoms with Gasteiger partial charge in [-0.05, 0) is 55.4 Å². The van der Waals surface area contributed by atoms with Crippen molar-refractivity contribution < 1.29 is 9.50 Å². The number of halogens is 3. The highest BCUT2D eigenvalue weighted by Crippen LogP contribution is 2.43. The molecule has 2 N–H and O–H groups in total. The van der Waals surface area contributed by atoms with E-state index in [1.165, 1.54) is 0 Å². The van der Waals surface area contributed by atoms with Gasteiger partial charge in [0.1, 0.15) is 16.0 Å². The van der Waals surface area contributed by atoms with Crippen molar-refractivity contribution in [2.75, 3.05) is 6.61 Å². The van der Waals surface area contributed by atoms with E-state index in [0.717, 1.165) is 17.6 Å². The van der Waals surface area contributed by atoms with Gasteiger partial charge < -0.3 is 10.4 Å². The molecule has 2 atom stereocenters. The van der Waals surface area contributed by atoms with Gasteiger partial charge in [0.05, 0.1) is 0 Å². The average molecular weight is 346 g/mol. The van der Waals surface area contributed by atoms with Crippen LogP contribution >= 0.6 is 23.2 Å². The molecule has 22 heavy (non-hydrogen) atoms. The van der Waals surface area contributed by atoms with E-state index >= 15 is 0 Å². The Bertz CT molecular complexity index is 572. The van der Waals surface area contributed by atoms with Crippen molar-refractivity contribution in [1.82, 2.24) is 5.32 Å². The maximum Gasteiger partial charge on any atom is 0.127 e. The smallest absolute Gasteiger partial charge is 0.127 e. The highest BCUT2D eigenvalue weighted by Gasteiger charge is 2.36. The highest BCUT2D eigenvalue weighted by molar-refractivity contribution is 6.31. The van der Waals surface area contributed by atoms with Crippen LogP contribution in [0.1, 0.15) is 50.2 Å². The zero-order valence-corrected chi connectivity index (χ0v) is 14.4. The Balaban J connectivity index is 2.42. The van der Waals surface area contributed by atoms with Crippen LogP contribution in [0, 0.1) is 5.82 Å². The molecule has 2 nitrogen and oxygen atoms in total. The lowest BCUT2D eigenvalue weighted by atomic mass is 9.81. The van der Waals surface area contributed by atoms with E-state index in [2.05, 4.69) is 5.32 Å². The van der Waals surface area contributed by atoms with Crippen molar-refractivity contribution in [1.29, 1.82) is 0 Å². The fraction of sp³-hybridized carbons (Fsp3) is 0.529. The zero-order valence-electron chi connectivity index (χ0n) is 12.9. The molecule has 0 aliphatic carbocycles. The molecule has 0 fully saturated rings. The fourth-order valence-corrected chi connectivity index (χ4v) is 3.68. The Hall–Kier alpha value is -0.770. The minimum absolute atomic E-state index is 0.0792. The Morgan fingerprint density at radius 3 is 2.77 bits per heavy atom. The second-order valence-electron chi connectivity index (χ2n) is 5.95. The summed E-state index contributed by atoms with van der Waals surface area (Å²) in [7, 11) is 0. The molecule has 0 bridgehead atoms. The van der Waals surface area contributed by atoms with Crippen LogP contribution in [0.15, 0.2) is 28.9 Å². The molecule has 2 rings (SSSR count). The third kappa shape index (κ3) is 3.95. The van der Waals surface area contributed by atoms with Crippen molar-refractivity contribution in [3.8, 4) is 0 Å². The van der Waals surface area contributed by atoms with Crippen LogP contribution in [-0.2, 0) is 6.42 Å². The third-order valence-corrected chi connectivity index (χ3v) is 4.70. The van der Waals surface area contributed by atoms with Crippen LogP contribution in [0.5, 0.6) is 0 Å². The van der Waals surface area contributed by atoms with Crippen LogP contribution in [-0.4, -0.2) is 16.7 Å². The van der Waals surface area contributed by atoms with Crippen LogP contribution in [0.4, 0.5) is 4.39 Å². The molecular weight excluding hydrogens is 324 g/mol. The summed E-state index contributed by atoms with van der Waals surface area (Å²) in [6.45, 7) is 3.92. The van der Waals surface area contributed by atoms with Gasteiger partial charge in [-0.3, -0.25) is 0 Å². The molecule has 1 heterocycles. The summed E-state index contributed by atoms with van der Waals surface area (Å²) < 4.78 is 14.5. The predicted octanol–water partition coefficient (Wildman–Crippen LogP) is 4.64. The first kappa shape index (κ1) is 17.6. The molecule has 2 unspecified atom stereocenters. The number of alkyl halides is 1. The number of nitrogens with one attached hydrogen (secondary N) is 1. The van der Waals surface area contributed by atoms with Crippen molar-refractivity contribution in [3.05, 3.63) is 45.9 Å². The molecule has 0 saturated carbocycles. The molecule has 0 aromatic heterocycles. The Labute approximate surface area is 141 Å². The van der Waals surface area contributed by atoms with E-state index in [4.69, 9.17) is 28.3 Å². The lowest BCUT2D eigenvalue weighted by Crippen LogP contribution is -2.41. The molecule has 1 aliphatic rings. The van der Waals surface area contributed by atoms with Gasteiger partial charge in [-0.1, -0.05) is 42.3 Å². The van der Waals surface area contributed by atoms with Crippen LogP contribution in [0.25, 0.3) is 0 Å². The van der Waals surface area contributed by atoms with Gasteiger partial charge in [-0.15, -0.1) is 0 Å². The first-order valence-corrected chi connectivity index (χ1v) is 8.38. The van der Waals surface area contributed by atoms with Crippen LogP contribution in [0.2, 0.25) is 0 Å². The number of allylic oxidation sites excluding steroid dienone is 1. The molecule has 0 amide bonds. The molecule has 5 heteroatoms. The molecule has 1 aliphatic heterocycles. The number of hydrogen-bond acceptors (Lipinski definition) is 2. The predicted molar refractivity (Wildman–Crippen MR) is 89.7 cm³/mol. The second-order valence-corrected chi connectivity index (χ2v) is 7.17. The van der Waals surface area contributed by atoms with Crippen molar-refractivity contribution in [2.45, 2.75) is 50.4 Å². The number of aryl methyl sites for hydroxylation is 1. The van der Waals surface area contributed by atoms with Crippen molar-refractivity contribution >= 4 is 23.2 Å². The normalized spacial score (nSPS) is 25.3. The molecular formula is C17H22Cl2FNO. The van der Waals surface area contributed by atoms with Crippen LogP contribution in [0.3, 0.4) is 0 Å². The lowest BCUT2D eigenvalue weighted by molar-refractivity contribution is 0.286. The fourth-order valence-electron chi connectivity index (χ4n) is 2.94.